The lowest BCUT2D eigenvalue weighted by Crippen LogP contribution is -2.38. The number of nitrogens with zero attached hydrogens (tertiary/aromatic N) is 1. The highest BCUT2D eigenvalue weighted by molar-refractivity contribution is 5.04. The number of nitrogens with one attached hydrogen (secondary N) is 1. The van der Waals surface area contributed by atoms with E-state index in [1.54, 1.807) is 19.5 Å². The Kier molecular flexibility index (Phi) is 5.50. The highest BCUT2D eigenvalue weighted by Crippen LogP contribution is 2.15. The minimum absolute atomic E-state index is 0.383. The third-order valence-electron chi connectivity index (χ3n) is 2.36. The van der Waals surface area contributed by atoms with Crippen LogP contribution in [0.5, 0.6) is 0 Å². The molecule has 0 spiro atoms. The molecule has 6 heteroatoms. The number of halogens is 3. The molecule has 0 aliphatic carbocycles. The topological polar surface area (TPSA) is 28.4 Å². The van der Waals surface area contributed by atoms with Gasteiger partial charge in [-0.3, -0.25) is 4.90 Å². The van der Waals surface area contributed by atoms with Crippen molar-refractivity contribution in [2.24, 2.45) is 0 Å². The first kappa shape index (κ1) is 14.1. The zero-order valence-corrected chi connectivity index (χ0v) is 9.76. The monoisotopic (exact) mass is 250 g/mol. The first-order chi connectivity index (χ1) is 8.01. The van der Waals surface area contributed by atoms with Crippen LogP contribution in [0.1, 0.15) is 12.5 Å². The van der Waals surface area contributed by atoms with Gasteiger partial charge in [-0.25, -0.2) is 0 Å². The van der Waals surface area contributed by atoms with Gasteiger partial charge in [0.05, 0.1) is 19.1 Å². The van der Waals surface area contributed by atoms with Crippen molar-refractivity contribution in [3.63, 3.8) is 0 Å². The summed E-state index contributed by atoms with van der Waals surface area (Å²) in [5.41, 5.74) is 0.990. The smallest absolute Gasteiger partial charge is 0.401 e. The first-order valence-corrected chi connectivity index (χ1v) is 5.52. The summed E-state index contributed by atoms with van der Waals surface area (Å²) in [7, 11) is 0. The standard InChI is InChI=1S/C11H17F3N2O/c1-2-16(9-11(12,13)14)5-4-15-7-10-3-6-17-8-10/h3,6,8,15H,2,4-5,7,9H2,1H3. The summed E-state index contributed by atoms with van der Waals surface area (Å²) in [5.74, 6) is 0. The Balaban J connectivity index is 2.15. The molecule has 3 nitrogen and oxygen atoms in total. The fraction of sp³-hybridized carbons (Fsp3) is 0.636. The second-order valence-corrected chi connectivity index (χ2v) is 3.79. The Morgan fingerprint density at radius 3 is 2.71 bits per heavy atom. The molecule has 0 radical (unpaired) electrons. The van der Waals surface area contributed by atoms with Crippen molar-refractivity contribution in [2.45, 2.75) is 19.6 Å². The largest absolute Gasteiger partial charge is 0.472 e. The molecule has 1 aromatic rings. The third kappa shape index (κ3) is 6.33. The van der Waals surface area contributed by atoms with Crippen LogP contribution in [-0.4, -0.2) is 37.3 Å². The average molecular weight is 250 g/mol. The zero-order chi connectivity index (χ0) is 12.7. The Labute approximate surface area is 98.6 Å². The Hall–Kier alpha value is -1.01. The maximum absolute atomic E-state index is 12.2. The number of hydrogen-bond acceptors (Lipinski definition) is 3. The van der Waals surface area contributed by atoms with Gasteiger partial charge in [0.2, 0.25) is 0 Å². The highest BCUT2D eigenvalue weighted by Gasteiger charge is 2.29. The molecule has 1 rings (SSSR count). The van der Waals surface area contributed by atoms with E-state index in [0.717, 1.165) is 5.56 Å². The van der Waals surface area contributed by atoms with Gasteiger partial charge < -0.3 is 9.73 Å². The van der Waals surface area contributed by atoms with Crippen molar-refractivity contribution in [1.82, 2.24) is 10.2 Å². The molecular weight excluding hydrogens is 233 g/mol. The second kappa shape index (κ2) is 6.66. The summed E-state index contributed by atoms with van der Waals surface area (Å²) >= 11 is 0. The number of likely N-dealkylation sites (N-methyl/N-ethyl adjacent to an activating group) is 1. The van der Waals surface area contributed by atoms with Crippen molar-refractivity contribution in [2.75, 3.05) is 26.2 Å². The predicted molar refractivity (Wildman–Crippen MR) is 58.6 cm³/mol. The number of alkyl halides is 3. The van der Waals surface area contributed by atoms with E-state index in [1.165, 1.54) is 4.90 Å². The van der Waals surface area contributed by atoms with E-state index in [2.05, 4.69) is 5.32 Å². The number of hydrogen-bond donors (Lipinski definition) is 1. The lowest BCUT2D eigenvalue weighted by molar-refractivity contribution is -0.145. The molecule has 1 N–H and O–H groups in total. The molecule has 98 valence electrons. The molecule has 0 bridgehead atoms. The van der Waals surface area contributed by atoms with Crippen LogP contribution in [0.2, 0.25) is 0 Å². The van der Waals surface area contributed by atoms with E-state index in [0.29, 0.717) is 26.2 Å². The Bertz CT molecular complexity index is 298. The van der Waals surface area contributed by atoms with Crippen LogP contribution < -0.4 is 5.32 Å². The van der Waals surface area contributed by atoms with Crippen LogP contribution in [0.25, 0.3) is 0 Å². The number of furan rings is 1. The van der Waals surface area contributed by atoms with Crippen LogP contribution in [0.3, 0.4) is 0 Å². The van der Waals surface area contributed by atoms with Gasteiger partial charge in [-0.2, -0.15) is 13.2 Å². The normalized spacial score (nSPS) is 12.3. The van der Waals surface area contributed by atoms with Crippen molar-refractivity contribution in [3.05, 3.63) is 24.2 Å². The van der Waals surface area contributed by atoms with E-state index in [1.807, 2.05) is 6.07 Å². The summed E-state index contributed by atoms with van der Waals surface area (Å²) in [6.07, 6.45) is -0.945. The van der Waals surface area contributed by atoms with Gasteiger partial charge in [-0.15, -0.1) is 0 Å². The summed E-state index contributed by atoms with van der Waals surface area (Å²) in [5, 5.41) is 3.07. The molecule has 1 heterocycles. The molecule has 0 fully saturated rings. The van der Waals surface area contributed by atoms with Crippen LogP contribution in [-0.2, 0) is 6.54 Å². The minimum atomic E-state index is -4.12. The second-order valence-electron chi connectivity index (χ2n) is 3.79. The molecule has 0 aromatic carbocycles. The van der Waals surface area contributed by atoms with E-state index in [-0.39, 0.29) is 0 Å². The van der Waals surface area contributed by atoms with E-state index in [9.17, 15) is 13.2 Å². The number of rotatable bonds is 7. The molecule has 0 aliphatic rings. The van der Waals surface area contributed by atoms with Crippen LogP contribution in [0.4, 0.5) is 13.2 Å². The summed E-state index contributed by atoms with van der Waals surface area (Å²) in [6, 6.07) is 1.82. The van der Waals surface area contributed by atoms with E-state index in [4.69, 9.17) is 4.42 Å². The van der Waals surface area contributed by atoms with Gasteiger partial charge in [0.1, 0.15) is 0 Å². The molecule has 0 saturated heterocycles. The fourth-order valence-electron chi connectivity index (χ4n) is 1.47. The Morgan fingerprint density at radius 2 is 2.18 bits per heavy atom. The molecule has 0 atom stereocenters. The van der Waals surface area contributed by atoms with E-state index < -0.39 is 12.7 Å². The quantitative estimate of drug-likeness (QED) is 0.752. The van der Waals surface area contributed by atoms with Crippen LogP contribution in [0, 0.1) is 0 Å². The molecular formula is C11H17F3N2O. The first-order valence-electron chi connectivity index (χ1n) is 5.52. The minimum Gasteiger partial charge on any atom is -0.472 e. The van der Waals surface area contributed by atoms with Crippen molar-refractivity contribution < 1.29 is 17.6 Å². The van der Waals surface area contributed by atoms with Crippen molar-refractivity contribution in [3.8, 4) is 0 Å². The zero-order valence-electron chi connectivity index (χ0n) is 9.76. The van der Waals surface area contributed by atoms with Gasteiger partial charge in [-0.05, 0) is 12.6 Å². The molecule has 0 amide bonds. The van der Waals surface area contributed by atoms with Gasteiger partial charge >= 0.3 is 6.18 Å². The molecule has 0 saturated carbocycles. The summed E-state index contributed by atoms with van der Waals surface area (Å²) in [4.78, 5) is 1.36. The molecule has 0 unspecified atom stereocenters. The van der Waals surface area contributed by atoms with Gasteiger partial charge in [-0.1, -0.05) is 6.92 Å². The van der Waals surface area contributed by atoms with Crippen molar-refractivity contribution in [1.29, 1.82) is 0 Å². The van der Waals surface area contributed by atoms with Crippen LogP contribution in [0.15, 0.2) is 23.0 Å². The van der Waals surface area contributed by atoms with E-state index >= 15 is 0 Å². The van der Waals surface area contributed by atoms with Crippen molar-refractivity contribution >= 4 is 0 Å². The SMILES string of the molecule is CCN(CCNCc1ccoc1)CC(F)(F)F. The summed E-state index contributed by atoms with van der Waals surface area (Å²) in [6.45, 7) is 2.79. The average Bonchev–Trinajstić information content (AvgIpc) is 2.73. The van der Waals surface area contributed by atoms with Gasteiger partial charge in [0.25, 0.3) is 0 Å². The maximum atomic E-state index is 12.2. The Morgan fingerprint density at radius 1 is 1.41 bits per heavy atom. The molecule has 17 heavy (non-hydrogen) atoms. The van der Waals surface area contributed by atoms with Gasteiger partial charge in [0.15, 0.2) is 0 Å². The van der Waals surface area contributed by atoms with Gasteiger partial charge in [0, 0.05) is 25.2 Å². The fourth-order valence-corrected chi connectivity index (χ4v) is 1.47. The highest BCUT2D eigenvalue weighted by atomic mass is 19.4. The third-order valence-corrected chi connectivity index (χ3v) is 2.36. The molecule has 0 aliphatic heterocycles. The predicted octanol–water partition coefficient (Wildman–Crippen LogP) is 2.25. The summed E-state index contributed by atoms with van der Waals surface area (Å²) < 4.78 is 41.3. The van der Waals surface area contributed by atoms with Crippen LogP contribution >= 0.6 is 0 Å². The lowest BCUT2D eigenvalue weighted by Gasteiger charge is -2.21. The lowest BCUT2D eigenvalue weighted by atomic mass is 10.3. The molecule has 1 aromatic heterocycles. The maximum Gasteiger partial charge on any atom is 0.401 e.